The zero-order valence-corrected chi connectivity index (χ0v) is 12.7. The van der Waals surface area contributed by atoms with Crippen LogP contribution in [0.2, 0.25) is 0 Å². The van der Waals surface area contributed by atoms with Gasteiger partial charge in [-0.25, -0.2) is 0 Å². The SMILES string of the molecule is CC[C@H](C)[C@H](N)C(=O)NCC1(CC(=O)O)CCCCC1. The zero-order chi connectivity index (χ0) is 15.2. The molecule has 1 aliphatic carbocycles. The summed E-state index contributed by atoms with van der Waals surface area (Å²) in [6.45, 7) is 4.39. The molecule has 0 heterocycles. The Hall–Kier alpha value is -1.10. The number of nitrogens with one attached hydrogen (secondary N) is 1. The van der Waals surface area contributed by atoms with E-state index < -0.39 is 12.0 Å². The molecular weight excluding hydrogens is 256 g/mol. The number of carboxylic acids is 1. The second kappa shape index (κ2) is 7.62. The van der Waals surface area contributed by atoms with Crippen LogP contribution in [0, 0.1) is 11.3 Å². The summed E-state index contributed by atoms with van der Waals surface area (Å²) in [5.74, 6) is -0.807. The number of amides is 1. The molecule has 0 saturated heterocycles. The van der Waals surface area contributed by atoms with Crippen molar-refractivity contribution >= 4 is 11.9 Å². The molecule has 1 aliphatic rings. The van der Waals surface area contributed by atoms with Crippen LogP contribution in [0.4, 0.5) is 0 Å². The minimum atomic E-state index is -0.785. The van der Waals surface area contributed by atoms with Crippen molar-refractivity contribution < 1.29 is 14.7 Å². The smallest absolute Gasteiger partial charge is 0.303 e. The van der Waals surface area contributed by atoms with Crippen LogP contribution in [-0.2, 0) is 9.59 Å². The molecule has 0 aromatic rings. The molecule has 1 saturated carbocycles. The molecule has 1 fully saturated rings. The molecule has 116 valence electrons. The summed E-state index contributed by atoms with van der Waals surface area (Å²) in [6, 6.07) is -0.509. The third-order valence-corrected chi connectivity index (χ3v) is 4.64. The largest absolute Gasteiger partial charge is 0.481 e. The van der Waals surface area contributed by atoms with E-state index in [1.54, 1.807) is 0 Å². The highest BCUT2D eigenvalue weighted by Crippen LogP contribution is 2.38. The second-order valence-electron chi connectivity index (χ2n) is 6.26. The molecule has 0 aromatic heterocycles. The first kappa shape index (κ1) is 17.0. The van der Waals surface area contributed by atoms with E-state index in [1.165, 1.54) is 0 Å². The topological polar surface area (TPSA) is 92.4 Å². The highest BCUT2D eigenvalue weighted by molar-refractivity contribution is 5.81. The summed E-state index contributed by atoms with van der Waals surface area (Å²) in [4.78, 5) is 23.1. The Labute approximate surface area is 121 Å². The van der Waals surface area contributed by atoms with Crippen molar-refractivity contribution in [2.75, 3.05) is 6.54 Å². The molecule has 0 unspecified atom stereocenters. The van der Waals surface area contributed by atoms with Gasteiger partial charge >= 0.3 is 5.97 Å². The minimum Gasteiger partial charge on any atom is -0.481 e. The quantitative estimate of drug-likeness (QED) is 0.665. The van der Waals surface area contributed by atoms with E-state index in [0.717, 1.165) is 38.5 Å². The lowest BCUT2D eigenvalue weighted by molar-refractivity contribution is -0.140. The number of hydrogen-bond acceptors (Lipinski definition) is 3. The van der Waals surface area contributed by atoms with Gasteiger partial charge in [-0.05, 0) is 24.2 Å². The second-order valence-corrected chi connectivity index (χ2v) is 6.26. The number of carboxylic acid groups (broad SMARTS) is 1. The van der Waals surface area contributed by atoms with Crippen LogP contribution in [0.1, 0.15) is 58.8 Å². The predicted octanol–water partition coefficient (Wildman–Crippen LogP) is 1.90. The normalized spacial score (nSPS) is 20.9. The Morgan fingerprint density at radius 2 is 1.90 bits per heavy atom. The van der Waals surface area contributed by atoms with E-state index >= 15 is 0 Å². The third-order valence-electron chi connectivity index (χ3n) is 4.64. The van der Waals surface area contributed by atoms with Gasteiger partial charge in [0.05, 0.1) is 12.5 Å². The Morgan fingerprint density at radius 3 is 2.40 bits per heavy atom. The van der Waals surface area contributed by atoms with E-state index in [-0.39, 0.29) is 23.7 Å². The molecular formula is C15H28N2O3. The van der Waals surface area contributed by atoms with Crippen LogP contribution in [0.25, 0.3) is 0 Å². The van der Waals surface area contributed by atoms with E-state index in [4.69, 9.17) is 10.8 Å². The Bertz CT molecular complexity index is 338. The molecule has 0 spiro atoms. The summed E-state index contributed by atoms with van der Waals surface area (Å²) in [5, 5.41) is 12.0. The first-order valence-electron chi connectivity index (χ1n) is 7.65. The fourth-order valence-corrected chi connectivity index (χ4v) is 2.94. The van der Waals surface area contributed by atoms with E-state index in [9.17, 15) is 9.59 Å². The molecule has 1 amide bonds. The van der Waals surface area contributed by atoms with Crippen molar-refractivity contribution in [1.29, 1.82) is 0 Å². The predicted molar refractivity (Wildman–Crippen MR) is 78.2 cm³/mol. The van der Waals surface area contributed by atoms with Gasteiger partial charge in [0.1, 0.15) is 0 Å². The fraction of sp³-hybridized carbons (Fsp3) is 0.867. The van der Waals surface area contributed by atoms with Gasteiger partial charge in [0.15, 0.2) is 0 Å². The van der Waals surface area contributed by atoms with Crippen LogP contribution in [0.15, 0.2) is 0 Å². The molecule has 0 bridgehead atoms. The van der Waals surface area contributed by atoms with Crippen LogP contribution in [0.3, 0.4) is 0 Å². The van der Waals surface area contributed by atoms with Crippen molar-refractivity contribution in [1.82, 2.24) is 5.32 Å². The number of nitrogens with two attached hydrogens (primary N) is 1. The van der Waals surface area contributed by atoms with Crippen LogP contribution < -0.4 is 11.1 Å². The van der Waals surface area contributed by atoms with E-state index in [2.05, 4.69) is 5.32 Å². The van der Waals surface area contributed by atoms with Gasteiger partial charge in [0.2, 0.25) is 5.91 Å². The Morgan fingerprint density at radius 1 is 1.30 bits per heavy atom. The number of aliphatic carboxylic acids is 1. The van der Waals surface area contributed by atoms with Crippen molar-refractivity contribution in [2.24, 2.45) is 17.1 Å². The highest BCUT2D eigenvalue weighted by Gasteiger charge is 2.35. The highest BCUT2D eigenvalue weighted by atomic mass is 16.4. The summed E-state index contributed by atoms with van der Waals surface area (Å²) in [7, 11) is 0. The van der Waals surface area contributed by atoms with Crippen molar-refractivity contribution in [3.8, 4) is 0 Å². The van der Waals surface area contributed by atoms with E-state index in [0.29, 0.717) is 6.54 Å². The minimum absolute atomic E-state index is 0.131. The van der Waals surface area contributed by atoms with Crippen molar-refractivity contribution in [3.05, 3.63) is 0 Å². The van der Waals surface area contributed by atoms with Gasteiger partial charge in [-0.1, -0.05) is 39.5 Å². The molecule has 2 atom stereocenters. The maximum absolute atomic E-state index is 12.0. The fourth-order valence-electron chi connectivity index (χ4n) is 2.94. The molecule has 1 rings (SSSR count). The molecule has 5 heteroatoms. The van der Waals surface area contributed by atoms with E-state index in [1.807, 2.05) is 13.8 Å². The third kappa shape index (κ3) is 4.78. The maximum atomic E-state index is 12.0. The van der Waals surface area contributed by atoms with Gasteiger partial charge in [-0.3, -0.25) is 9.59 Å². The zero-order valence-electron chi connectivity index (χ0n) is 12.7. The van der Waals surface area contributed by atoms with Crippen LogP contribution >= 0.6 is 0 Å². The van der Waals surface area contributed by atoms with Gasteiger partial charge in [-0.15, -0.1) is 0 Å². The maximum Gasteiger partial charge on any atom is 0.303 e. The number of rotatable bonds is 7. The summed E-state index contributed by atoms with van der Waals surface area (Å²) in [6.07, 6.45) is 5.97. The average molecular weight is 284 g/mol. The summed E-state index contributed by atoms with van der Waals surface area (Å²) >= 11 is 0. The van der Waals surface area contributed by atoms with Gasteiger partial charge in [0.25, 0.3) is 0 Å². The lowest BCUT2D eigenvalue weighted by Gasteiger charge is -2.36. The summed E-state index contributed by atoms with van der Waals surface area (Å²) < 4.78 is 0. The lowest BCUT2D eigenvalue weighted by atomic mass is 9.71. The Balaban J connectivity index is 2.58. The molecule has 4 N–H and O–H groups in total. The molecule has 5 nitrogen and oxygen atoms in total. The number of hydrogen-bond donors (Lipinski definition) is 3. The Kier molecular flexibility index (Phi) is 6.46. The molecule has 0 aliphatic heterocycles. The standard InChI is InChI=1S/C15H28N2O3/c1-3-11(2)13(16)14(20)17-10-15(9-12(18)19)7-5-4-6-8-15/h11,13H,3-10,16H2,1-2H3,(H,17,20)(H,18,19)/t11-,13-/m0/s1. The number of carbonyl (C=O) groups is 2. The first-order valence-corrected chi connectivity index (χ1v) is 7.65. The van der Waals surface area contributed by atoms with Crippen LogP contribution in [-0.4, -0.2) is 29.6 Å². The monoisotopic (exact) mass is 284 g/mol. The number of carbonyl (C=O) groups excluding carboxylic acids is 1. The molecule has 20 heavy (non-hydrogen) atoms. The summed E-state index contributed by atoms with van der Waals surface area (Å²) in [5.41, 5.74) is 5.62. The molecule has 0 aromatic carbocycles. The molecule has 0 radical (unpaired) electrons. The lowest BCUT2D eigenvalue weighted by Crippen LogP contribution is -2.48. The van der Waals surface area contributed by atoms with Gasteiger partial charge in [-0.2, -0.15) is 0 Å². The van der Waals surface area contributed by atoms with Crippen LogP contribution in [0.5, 0.6) is 0 Å². The van der Waals surface area contributed by atoms with Gasteiger partial charge in [0, 0.05) is 6.54 Å². The average Bonchev–Trinajstić information content (AvgIpc) is 2.43. The van der Waals surface area contributed by atoms with Crippen molar-refractivity contribution in [3.63, 3.8) is 0 Å². The van der Waals surface area contributed by atoms with Gasteiger partial charge < -0.3 is 16.2 Å². The first-order chi connectivity index (χ1) is 9.40. The van der Waals surface area contributed by atoms with Crippen molar-refractivity contribution in [2.45, 2.75) is 64.8 Å².